The first-order valence-electron chi connectivity index (χ1n) is 21.4. The molecule has 17 heteroatoms. The molecule has 0 saturated heterocycles. The molecule has 0 radical (unpaired) electrons. The van der Waals surface area contributed by atoms with E-state index in [0.29, 0.717) is 16.8 Å². The fourth-order valence-corrected chi connectivity index (χ4v) is 7.21. The monoisotopic (exact) mass is 960 g/mol. The van der Waals surface area contributed by atoms with E-state index in [-0.39, 0.29) is 30.4 Å². The first-order chi connectivity index (χ1) is 33.6. The summed E-state index contributed by atoms with van der Waals surface area (Å²) in [4.78, 5) is 32.5. The number of benzene rings is 4. The molecule has 4 aromatic heterocycles. The minimum atomic E-state index is -3.67. The Morgan fingerprint density at radius 2 is 1.07 bits per heavy atom. The predicted molar refractivity (Wildman–Crippen MR) is 270 cm³/mol. The van der Waals surface area contributed by atoms with Crippen LogP contribution in [-0.4, -0.2) is 73.4 Å². The maximum atomic E-state index is 11.8. The number of ketones is 2. The lowest BCUT2D eigenvalue weighted by Gasteiger charge is -2.09. The van der Waals surface area contributed by atoms with E-state index >= 15 is 0 Å². The molecular formula is C53H48BF3N8O4S. The van der Waals surface area contributed by atoms with Crippen molar-refractivity contribution in [2.75, 3.05) is 19.6 Å². The molecule has 0 aliphatic carbocycles. The smallest absolute Gasteiger partial charge is 0.508 e. The largest absolute Gasteiger partial charge is 0.762 e. The van der Waals surface area contributed by atoms with Crippen LogP contribution in [0.5, 0.6) is 11.5 Å². The number of nitrogens with zero attached hydrogens (tertiary/aromatic N) is 8. The van der Waals surface area contributed by atoms with Crippen molar-refractivity contribution < 1.29 is 32.4 Å². The van der Waals surface area contributed by atoms with Gasteiger partial charge in [0.1, 0.15) is 36.0 Å². The quantitative estimate of drug-likeness (QED) is 0.0965. The van der Waals surface area contributed by atoms with Crippen LogP contribution in [0.4, 0.5) is 12.9 Å². The van der Waals surface area contributed by atoms with Gasteiger partial charge in [0.25, 0.3) is 0 Å². The molecule has 0 bridgehead atoms. The fourth-order valence-electron chi connectivity index (χ4n) is 7.21. The van der Waals surface area contributed by atoms with Gasteiger partial charge in [-0.2, -0.15) is 32.5 Å². The molecule has 4 aromatic carbocycles. The lowest BCUT2D eigenvalue weighted by Crippen LogP contribution is -1.95. The first kappa shape index (κ1) is 52.7. The van der Waals surface area contributed by atoms with Crippen molar-refractivity contribution in [2.24, 2.45) is 0 Å². The van der Waals surface area contributed by atoms with E-state index in [1.807, 2.05) is 124 Å². The van der Waals surface area contributed by atoms with Crippen molar-refractivity contribution in [1.82, 2.24) is 29.5 Å². The molecule has 1 N–H and O–H groups in total. The van der Waals surface area contributed by atoms with Gasteiger partial charge in [-0.25, -0.2) is 0 Å². The zero-order valence-corrected chi connectivity index (χ0v) is 40.3. The van der Waals surface area contributed by atoms with Crippen LogP contribution in [0.3, 0.4) is 0 Å². The SMILES string of the molecule is CC(=O)c1cccc(-c2cc(-c3cn(CC#N)nc3-c3cc(C)cc(O)c3)ccn2)c1.COc1cc(C)cc(-c2nn(CC#N)cc2-c2ccnc(-c3cccc(C(C)=O)c3)c2)c1.CSC.FB(F)F. The Morgan fingerprint density at radius 1 is 0.643 bits per heavy atom. The lowest BCUT2D eigenvalue weighted by atomic mass is 9.99. The highest BCUT2D eigenvalue weighted by Gasteiger charge is 2.18. The van der Waals surface area contributed by atoms with E-state index in [0.717, 1.165) is 78.5 Å². The van der Waals surface area contributed by atoms with Gasteiger partial charge in [-0.15, -0.1) is 0 Å². The second-order valence-corrected chi connectivity index (χ2v) is 16.4. The molecule has 0 atom stereocenters. The summed E-state index contributed by atoms with van der Waals surface area (Å²) in [7, 11) is -2.03. The van der Waals surface area contributed by atoms with E-state index < -0.39 is 7.54 Å². The zero-order valence-electron chi connectivity index (χ0n) is 39.5. The maximum Gasteiger partial charge on any atom is 0.762 e. The molecule has 0 fully saturated rings. The lowest BCUT2D eigenvalue weighted by molar-refractivity contribution is 0.100. The number of aryl methyl sites for hydroxylation is 2. The summed E-state index contributed by atoms with van der Waals surface area (Å²) < 4.78 is 37.7. The molecule has 354 valence electrons. The van der Waals surface area contributed by atoms with Crippen molar-refractivity contribution in [2.45, 2.75) is 40.8 Å². The van der Waals surface area contributed by atoms with Gasteiger partial charge in [0, 0.05) is 69.3 Å². The third-order valence-electron chi connectivity index (χ3n) is 10.2. The molecule has 0 unspecified atom stereocenters. The Balaban J connectivity index is 0.000000230. The van der Waals surface area contributed by atoms with Crippen LogP contribution in [0.25, 0.3) is 67.3 Å². The highest BCUT2D eigenvalue weighted by Crippen LogP contribution is 2.37. The minimum Gasteiger partial charge on any atom is -0.508 e. The number of hydrogen-bond donors (Lipinski definition) is 1. The topological polar surface area (TPSA) is 173 Å². The molecule has 0 spiro atoms. The van der Waals surface area contributed by atoms with Gasteiger partial charge < -0.3 is 9.84 Å². The standard InChI is InChI=1S/C26H22N4O2.C25H20N4O2.C2H6S.BF3/c1-17-11-22(14-23(12-17)32-3)26-24(16-30(29-26)10-8-27)20-7-9-28-25(15-20)21-6-4-5-19(13-21)18(2)31;1-16-10-21(13-22(31)11-16)25-23(15-29(28-25)9-7-26)19-6-8-27-24(14-19)20-5-3-4-18(12-20)17(2)30;1-3-2;2-1(3)4/h4-7,9,11-16H,10H2,1-3H3;3-6,8,10-15,31H,9H2,1-2H3;1-2H3;. The number of aromatic hydroxyl groups is 1. The third-order valence-corrected chi connectivity index (χ3v) is 10.2. The van der Waals surface area contributed by atoms with Crippen molar-refractivity contribution in [3.05, 3.63) is 156 Å². The molecule has 0 aliphatic rings. The van der Waals surface area contributed by atoms with Crippen LogP contribution in [-0.2, 0) is 13.1 Å². The molecule has 0 amide bonds. The second-order valence-electron chi connectivity index (χ2n) is 15.6. The molecule has 12 nitrogen and oxygen atoms in total. The third kappa shape index (κ3) is 14.4. The highest BCUT2D eigenvalue weighted by molar-refractivity contribution is 7.97. The second kappa shape index (κ2) is 25.2. The summed E-state index contributed by atoms with van der Waals surface area (Å²) in [6, 6.07) is 38.0. The predicted octanol–water partition coefficient (Wildman–Crippen LogP) is 12.2. The number of Topliss-reactive ketones (excluding diaryl/α,β-unsaturated/α-hetero) is 2. The van der Waals surface area contributed by atoms with Gasteiger partial charge in [0.05, 0.1) is 30.6 Å². The van der Waals surface area contributed by atoms with Gasteiger partial charge in [-0.05, 0) is 135 Å². The summed E-state index contributed by atoms with van der Waals surface area (Å²) in [6.07, 6.45) is 11.2. The Labute approximate surface area is 409 Å². The number of aromatic nitrogens is 6. The summed E-state index contributed by atoms with van der Waals surface area (Å²) in [6.45, 7) is 7.26. The van der Waals surface area contributed by atoms with Crippen LogP contribution in [0, 0.1) is 36.5 Å². The van der Waals surface area contributed by atoms with Crippen LogP contribution in [0.2, 0.25) is 0 Å². The van der Waals surface area contributed by atoms with Crippen LogP contribution in [0.15, 0.2) is 134 Å². The van der Waals surface area contributed by atoms with Crippen molar-refractivity contribution in [1.29, 1.82) is 10.5 Å². The molecule has 8 rings (SSSR count). The molecule has 4 heterocycles. The fraction of sp³-hybridized carbons (Fsp3) is 0.170. The number of ether oxygens (including phenoxy) is 1. The van der Waals surface area contributed by atoms with Crippen LogP contribution in [0.1, 0.15) is 45.7 Å². The molecule has 0 aliphatic heterocycles. The number of pyridine rings is 2. The number of thioether (sulfide) groups is 1. The Morgan fingerprint density at radius 3 is 1.47 bits per heavy atom. The number of carbonyl (C=O) groups excluding carboxylic acids is 2. The van der Waals surface area contributed by atoms with E-state index in [1.54, 1.807) is 71.8 Å². The number of methoxy groups -OCH3 is 1. The highest BCUT2D eigenvalue weighted by atomic mass is 32.2. The zero-order chi connectivity index (χ0) is 50.9. The Hall–Kier alpha value is -8.28. The molecule has 0 saturated carbocycles. The number of halogens is 3. The van der Waals surface area contributed by atoms with E-state index in [4.69, 9.17) is 10.00 Å². The van der Waals surface area contributed by atoms with Gasteiger partial charge >= 0.3 is 7.54 Å². The van der Waals surface area contributed by atoms with E-state index in [2.05, 4.69) is 32.3 Å². The summed E-state index contributed by atoms with van der Waals surface area (Å²) in [5, 5.41) is 37.6. The van der Waals surface area contributed by atoms with Gasteiger partial charge in [0.2, 0.25) is 0 Å². The number of nitriles is 2. The van der Waals surface area contributed by atoms with Crippen molar-refractivity contribution in [3.63, 3.8) is 0 Å². The number of phenolic OH excluding ortho intramolecular Hbond substituents is 1. The maximum absolute atomic E-state index is 11.8. The molecule has 70 heavy (non-hydrogen) atoms. The Bertz CT molecular complexity index is 3180. The van der Waals surface area contributed by atoms with Crippen molar-refractivity contribution >= 4 is 30.9 Å². The van der Waals surface area contributed by atoms with Gasteiger partial charge in [-0.1, -0.05) is 36.4 Å². The normalized spacial score (nSPS) is 10.2. The number of phenols is 1. The summed E-state index contributed by atoms with van der Waals surface area (Å²) >= 11 is 1.75. The van der Waals surface area contributed by atoms with E-state index in [1.165, 1.54) is 6.92 Å². The Kier molecular flexibility index (Phi) is 19.0. The molecular weight excluding hydrogens is 913 g/mol. The summed E-state index contributed by atoms with van der Waals surface area (Å²) in [5.41, 5.74) is 13.0. The average Bonchev–Trinajstić information content (AvgIpc) is 3.97. The minimum absolute atomic E-state index is 0.00248. The number of hydrogen-bond acceptors (Lipinski definition) is 11. The van der Waals surface area contributed by atoms with Crippen LogP contribution >= 0.6 is 11.8 Å². The molecule has 8 aromatic rings. The van der Waals surface area contributed by atoms with Crippen molar-refractivity contribution in [3.8, 4) is 90.9 Å². The number of rotatable bonds is 11. The first-order valence-corrected chi connectivity index (χ1v) is 23.0. The average molecular weight is 961 g/mol. The summed E-state index contributed by atoms with van der Waals surface area (Å²) in [5.74, 6) is 0.915. The van der Waals surface area contributed by atoms with Crippen LogP contribution < -0.4 is 4.74 Å². The number of carbonyl (C=O) groups is 2. The van der Waals surface area contributed by atoms with E-state index in [9.17, 15) is 32.9 Å². The van der Waals surface area contributed by atoms with Gasteiger partial charge in [0.15, 0.2) is 11.6 Å². The van der Waals surface area contributed by atoms with Gasteiger partial charge in [-0.3, -0.25) is 41.9 Å².